The molecule has 128 valence electrons. The molecule has 2 amide bonds. The first-order chi connectivity index (χ1) is 12.5. The Morgan fingerprint density at radius 2 is 1.73 bits per heavy atom. The number of benzene rings is 1. The van der Waals surface area contributed by atoms with E-state index in [1.54, 1.807) is 12.1 Å². The van der Waals surface area contributed by atoms with Gasteiger partial charge in [0.2, 0.25) is 0 Å². The highest BCUT2D eigenvalue weighted by Gasteiger charge is 2.39. The summed E-state index contributed by atoms with van der Waals surface area (Å²) in [6.45, 7) is 0. The van der Waals surface area contributed by atoms with Crippen LogP contribution in [-0.2, 0) is 4.84 Å². The van der Waals surface area contributed by atoms with E-state index in [-0.39, 0.29) is 16.8 Å². The third-order valence-corrected chi connectivity index (χ3v) is 3.68. The van der Waals surface area contributed by atoms with E-state index >= 15 is 0 Å². The minimum atomic E-state index is -0.998. The number of carbonyl (C=O) groups excluding carboxylic acids is 3. The summed E-state index contributed by atoms with van der Waals surface area (Å²) in [6.07, 6.45) is 3.79. The molecule has 1 aliphatic heterocycles. The lowest BCUT2D eigenvalue weighted by Crippen LogP contribution is -2.32. The van der Waals surface area contributed by atoms with Crippen molar-refractivity contribution in [3.05, 3.63) is 77.6 Å². The van der Waals surface area contributed by atoms with Gasteiger partial charge in [0, 0.05) is 12.3 Å². The second-order valence-electron chi connectivity index (χ2n) is 5.34. The van der Waals surface area contributed by atoms with Crippen molar-refractivity contribution in [3.63, 3.8) is 0 Å². The minimum Gasteiger partial charge on any atom is -0.322 e. The third-order valence-electron chi connectivity index (χ3n) is 3.68. The number of hydroxylamine groups is 2. The standard InChI is InChI=1S/C17H9FN4O4/c18-10-7-11(9-19-8-10)21-6-5-14(20-21)17(25)26-22-15(23)12-3-1-2-4-13(12)16(22)24/h1-9H. The van der Waals surface area contributed by atoms with Gasteiger partial charge in [0.1, 0.15) is 5.82 Å². The van der Waals surface area contributed by atoms with E-state index in [2.05, 4.69) is 10.1 Å². The number of amides is 2. The molecule has 3 aromatic rings. The molecule has 0 radical (unpaired) electrons. The Morgan fingerprint density at radius 1 is 1.04 bits per heavy atom. The molecule has 0 saturated heterocycles. The summed E-state index contributed by atoms with van der Waals surface area (Å²) in [6, 6.07) is 8.63. The molecule has 0 aliphatic carbocycles. The van der Waals surface area contributed by atoms with Gasteiger partial charge in [-0.25, -0.2) is 13.9 Å². The van der Waals surface area contributed by atoms with Crippen LogP contribution in [0.15, 0.2) is 55.0 Å². The molecule has 0 spiro atoms. The maximum Gasteiger partial charge on any atom is 0.384 e. The van der Waals surface area contributed by atoms with Crippen LogP contribution in [0, 0.1) is 5.82 Å². The first-order valence-electron chi connectivity index (χ1n) is 7.41. The Kier molecular flexibility index (Phi) is 3.54. The number of hydrogen-bond acceptors (Lipinski definition) is 6. The molecule has 0 unspecified atom stereocenters. The zero-order valence-corrected chi connectivity index (χ0v) is 13.0. The summed E-state index contributed by atoms with van der Waals surface area (Å²) >= 11 is 0. The largest absolute Gasteiger partial charge is 0.384 e. The lowest BCUT2D eigenvalue weighted by molar-refractivity contribution is -0.0588. The smallest absolute Gasteiger partial charge is 0.322 e. The van der Waals surface area contributed by atoms with Gasteiger partial charge in [-0.05, 0) is 18.2 Å². The summed E-state index contributed by atoms with van der Waals surface area (Å²) in [7, 11) is 0. The molecule has 26 heavy (non-hydrogen) atoms. The fraction of sp³-hybridized carbons (Fsp3) is 0. The maximum atomic E-state index is 13.2. The van der Waals surface area contributed by atoms with E-state index in [1.165, 1.54) is 41.3 Å². The molecule has 0 atom stereocenters. The average Bonchev–Trinajstić information content (AvgIpc) is 3.22. The zero-order chi connectivity index (χ0) is 18.3. The van der Waals surface area contributed by atoms with E-state index in [1.807, 2.05) is 0 Å². The van der Waals surface area contributed by atoms with E-state index in [4.69, 9.17) is 4.84 Å². The van der Waals surface area contributed by atoms with Gasteiger partial charge >= 0.3 is 5.97 Å². The van der Waals surface area contributed by atoms with Crippen LogP contribution in [0.4, 0.5) is 4.39 Å². The molecule has 0 saturated carbocycles. The number of fused-ring (bicyclic) bond motifs is 1. The van der Waals surface area contributed by atoms with Gasteiger partial charge in [0.05, 0.1) is 29.2 Å². The normalized spacial score (nSPS) is 13.0. The number of halogens is 1. The first kappa shape index (κ1) is 15.6. The molecule has 2 aromatic heterocycles. The van der Waals surface area contributed by atoms with Crippen LogP contribution < -0.4 is 0 Å². The Hall–Kier alpha value is -3.88. The van der Waals surface area contributed by atoms with Gasteiger partial charge in [0.15, 0.2) is 5.69 Å². The molecule has 8 nitrogen and oxygen atoms in total. The number of pyridine rings is 1. The van der Waals surface area contributed by atoms with Crippen LogP contribution in [-0.4, -0.2) is 37.6 Å². The predicted octanol–water partition coefficient (Wildman–Crippen LogP) is 1.77. The van der Waals surface area contributed by atoms with Crippen LogP contribution in [0.2, 0.25) is 0 Å². The highest BCUT2D eigenvalue weighted by Crippen LogP contribution is 2.23. The SMILES string of the molecule is O=C(ON1C(=O)c2ccccc2C1=O)c1ccn(-c2cncc(F)c2)n1. The topological polar surface area (TPSA) is 94.4 Å². The van der Waals surface area contributed by atoms with Crippen molar-refractivity contribution in [3.8, 4) is 5.69 Å². The number of nitrogens with zero attached hydrogens (tertiary/aromatic N) is 4. The van der Waals surface area contributed by atoms with E-state index in [9.17, 15) is 18.8 Å². The van der Waals surface area contributed by atoms with Gasteiger partial charge < -0.3 is 4.84 Å². The second kappa shape index (κ2) is 5.88. The molecule has 3 heterocycles. The maximum absolute atomic E-state index is 13.2. The van der Waals surface area contributed by atoms with Crippen molar-refractivity contribution in [1.82, 2.24) is 19.8 Å². The van der Waals surface area contributed by atoms with Crippen LogP contribution >= 0.6 is 0 Å². The summed E-state index contributed by atoms with van der Waals surface area (Å²) in [4.78, 5) is 45.2. The van der Waals surface area contributed by atoms with Crippen molar-refractivity contribution in [2.45, 2.75) is 0 Å². The molecule has 0 fully saturated rings. The van der Waals surface area contributed by atoms with Crippen molar-refractivity contribution in [1.29, 1.82) is 0 Å². The van der Waals surface area contributed by atoms with Crippen LogP contribution in [0.5, 0.6) is 0 Å². The molecule has 1 aliphatic rings. The summed E-state index contributed by atoms with van der Waals surface area (Å²) in [5, 5.41) is 4.35. The van der Waals surface area contributed by atoms with Crippen molar-refractivity contribution < 1.29 is 23.6 Å². The lowest BCUT2D eigenvalue weighted by Gasteiger charge is -2.11. The lowest BCUT2D eigenvalue weighted by atomic mass is 10.1. The van der Waals surface area contributed by atoms with Gasteiger partial charge in [-0.1, -0.05) is 17.2 Å². The van der Waals surface area contributed by atoms with Crippen LogP contribution in [0.3, 0.4) is 0 Å². The molecule has 4 rings (SSSR count). The Balaban J connectivity index is 1.55. The van der Waals surface area contributed by atoms with E-state index in [0.717, 1.165) is 6.20 Å². The molecular weight excluding hydrogens is 343 g/mol. The molecule has 0 N–H and O–H groups in total. The number of carbonyl (C=O) groups is 3. The molecule has 1 aromatic carbocycles. The second-order valence-corrected chi connectivity index (χ2v) is 5.34. The number of imide groups is 1. The van der Waals surface area contributed by atoms with E-state index in [0.29, 0.717) is 10.8 Å². The van der Waals surface area contributed by atoms with Crippen molar-refractivity contribution in [2.24, 2.45) is 0 Å². The van der Waals surface area contributed by atoms with Gasteiger partial charge in [-0.15, -0.1) is 0 Å². The molecule has 0 bridgehead atoms. The Morgan fingerprint density at radius 3 is 2.38 bits per heavy atom. The average molecular weight is 352 g/mol. The number of aromatic nitrogens is 3. The van der Waals surface area contributed by atoms with Crippen molar-refractivity contribution in [2.75, 3.05) is 0 Å². The molecule has 9 heteroatoms. The summed E-state index contributed by atoms with van der Waals surface area (Å²) in [5.41, 5.74) is 0.443. The van der Waals surface area contributed by atoms with Crippen LogP contribution in [0.1, 0.15) is 31.2 Å². The van der Waals surface area contributed by atoms with E-state index < -0.39 is 23.6 Å². The highest BCUT2D eigenvalue weighted by molar-refractivity contribution is 6.21. The van der Waals surface area contributed by atoms with Gasteiger partial charge in [-0.3, -0.25) is 14.6 Å². The molecular formula is C17H9FN4O4. The first-order valence-corrected chi connectivity index (χ1v) is 7.41. The fourth-order valence-corrected chi connectivity index (χ4v) is 2.48. The minimum absolute atomic E-state index is 0.154. The van der Waals surface area contributed by atoms with Gasteiger partial charge in [-0.2, -0.15) is 5.10 Å². The van der Waals surface area contributed by atoms with Gasteiger partial charge in [0.25, 0.3) is 11.8 Å². The number of hydrogen-bond donors (Lipinski definition) is 0. The van der Waals surface area contributed by atoms with Crippen LogP contribution in [0.25, 0.3) is 5.69 Å². The van der Waals surface area contributed by atoms with Crippen molar-refractivity contribution >= 4 is 17.8 Å². The Labute approximate surface area is 145 Å². The summed E-state index contributed by atoms with van der Waals surface area (Å²) < 4.78 is 14.4. The Bertz CT molecular complexity index is 1030. The zero-order valence-electron chi connectivity index (χ0n) is 13.0. The number of rotatable bonds is 3. The highest BCUT2D eigenvalue weighted by atomic mass is 19.1. The monoisotopic (exact) mass is 352 g/mol. The predicted molar refractivity (Wildman–Crippen MR) is 83.7 cm³/mol. The fourth-order valence-electron chi connectivity index (χ4n) is 2.48. The third kappa shape index (κ3) is 2.51. The summed E-state index contributed by atoms with van der Waals surface area (Å²) in [5.74, 6) is -3.02. The quantitative estimate of drug-likeness (QED) is 0.667.